The average molecular weight is 447 g/mol. The maximum atomic E-state index is 13.4. The van der Waals surface area contributed by atoms with E-state index in [0.717, 1.165) is 18.2 Å². The fourth-order valence-electron chi connectivity index (χ4n) is 3.16. The van der Waals surface area contributed by atoms with E-state index in [1.807, 2.05) is 13.0 Å². The molecule has 154 valence electrons. The van der Waals surface area contributed by atoms with Gasteiger partial charge in [-0.05, 0) is 55.5 Å². The highest BCUT2D eigenvalue weighted by Gasteiger charge is 2.28. The highest BCUT2D eigenvalue weighted by Crippen LogP contribution is 2.39. The minimum absolute atomic E-state index is 0.160. The Morgan fingerprint density at radius 3 is 2.57 bits per heavy atom. The molecule has 0 atom stereocenters. The van der Waals surface area contributed by atoms with Crippen LogP contribution in [0.1, 0.15) is 17.3 Å². The zero-order valence-electron chi connectivity index (χ0n) is 15.7. The van der Waals surface area contributed by atoms with E-state index in [0.29, 0.717) is 23.7 Å². The molecule has 0 radical (unpaired) electrons. The average Bonchev–Trinajstić information content (AvgIpc) is 2.83. The Bertz CT molecular complexity index is 1260. The van der Waals surface area contributed by atoms with Gasteiger partial charge in [0.2, 0.25) is 0 Å². The molecule has 0 spiro atoms. The Labute approximate surface area is 177 Å². The number of nitrogens with one attached hydrogen (secondary N) is 1. The summed E-state index contributed by atoms with van der Waals surface area (Å²) in [5.74, 6) is -0.192. The van der Waals surface area contributed by atoms with E-state index in [1.54, 1.807) is 23.1 Å². The van der Waals surface area contributed by atoms with Gasteiger partial charge in [0.05, 0.1) is 21.2 Å². The predicted molar refractivity (Wildman–Crippen MR) is 113 cm³/mol. The Balaban J connectivity index is 1.72. The molecule has 4 rings (SSSR count). The van der Waals surface area contributed by atoms with E-state index >= 15 is 0 Å². The van der Waals surface area contributed by atoms with Crippen LogP contribution in [0.4, 0.5) is 15.8 Å². The van der Waals surface area contributed by atoms with Crippen LogP contribution >= 0.6 is 11.6 Å². The molecule has 1 aliphatic rings. The largest absolute Gasteiger partial charge is 0.454 e. The van der Waals surface area contributed by atoms with Gasteiger partial charge in [0.25, 0.3) is 15.9 Å². The van der Waals surface area contributed by atoms with Gasteiger partial charge in [-0.25, -0.2) is 12.8 Å². The number of carbonyl (C=O) groups is 1. The molecular formula is C21H16ClFN2O4S. The molecule has 0 unspecified atom stereocenters. The molecule has 3 aromatic rings. The van der Waals surface area contributed by atoms with Crippen molar-refractivity contribution in [1.29, 1.82) is 0 Å². The summed E-state index contributed by atoms with van der Waals surface area (Å²) in [5.41, 5.74) is 1.00. The molecule has 3 aromatic carbocycles. The highest BCUT2D eigenvalue weighted by atomic mass is 35.5. The molecular weight excluding hydrogens is 431 g/mol. The summed E-state index contributed by atoms with van der Waals surface area (Å²) in [7, 11) is -4.05. The second-order valence-corrected chi connectivity index (χ2v) is 8.60. The summed E-state index contributed by atoms with van der Waals surface area (Å²) in [4.78, 5) is 14.5. The first kappa shape index (κ1) is 20.2. The van der Waals surface area contributed by atoms with Gasteiger partial charge in [0.1, 0.15) is 11.6 Å². The Morgan fingerprint density at radius 1 is 1.07 bits per heavy atom. The van der Waals surface area contributed by atoms with Gasteiger partial charge in [-0.3, -0.25) is 9.52 Å². The summed E-state index contributed by atoms with van der Waals surface area (Å²) < 4.78 is 47.0. The third-order valence-electron chi connectivity index (χ3n) is 4.60. The molecule has 1 N–H and O–H groups in total. The second-order valence-electron chi connectivity index (χ2n) is 6.51. The minimum atomic E-state index is -4.05. The first-order valence-electron chi connectivity index (χ1n) is 9.01. The van der Waals surface area contributed by atoms with Crippen molar-refractivity contribution < 1.29 is 22.3 Å². The van der Waals surface area contributed by atoms with Crippen LogP contribution in [0, 0.1) is 5.82 Å². The number of para-hydroxylation sites is 2. The van der Waals surface area contributed by atoms with E-state index < -0.39 is 15.8 Å². The molecule has 0 aromatic heterocycles. The summed E-state index contributed by atoms with van der Waals surface area (Å²) in [6, 6.07) is 14.7. The van der Waals surface area contributed by atoms with Crippen molar-refractivity contribution in [3.8, 4) is 11.5 Å². The second kappa shape index (κ2) is 7.62. The number of hydrogen-bond acceptors (Lipinski definition) is 4. The van der Waals surface area contributed by atoms with Crippen LogP contribution in [0.25, 0.3) is 0 Å². The van der Waals surface area contributed by atoms with Crippen LogP contribution in [0.3, 0.4) is 0 Å². The number of hydrogen-bond donors (Lipinski definition) is 1. The van der Waals surface area contributed by atoms with E-state index in [9.17, 15) is 17.6 Å². The fraction of sp³-hybridized carbons (Fsp3) is 0.0952. The first-order chi connectivity index (χ1) is 14.3. The lowest BCUT2D eigenvalue weighted by molar-refractivity contribution is 0.0988. The van der Waals surface area contributed by atoms with Crippen molar-refractivity contribution in [3.05, 3.63) is 77.1 Å². The zero-order chi connectivity index (χ0) is 21.5. The van der Waals surface area contributed by atoms with Gasteiger partial charge in [-0.1, -0.05) is 23.7 Å². The lowest BCUT2D eigenvalue weighted by Crippen LogP contribution is -2.29. The van der Waals surface area contributed by atoms with Crippen LogP contribution in [-0.4, -0.2) is 20.9 Å². The van der Waals surface area contributed by atoms with Crippen molar-refractivity contribution in [3.63, 3.8) is 0 Å². The molecule has 1 amide bonds. The third-order valence-corrected chi connectivity index (χ3v) is 6.27. The van der Waals surface area contributed by atoms with Gasteiger partial charge >= 0.3 is 0 Å². The van der Waals surface area contributed by atoms with Crippen molar-refractivity contribution in [2.75, 3.05) is 16.2 Å². The van der Waals surface area contributed by atoms with Gasteiger partial charge in [-0.15, -0.1) is 0 Å². The smallest absolute Gasteiger partial charge is 0.262 e. The highest BCUT2D eigenvalue weighted by molar-refractivity contribution is 7.92. The summed E-state index contributed by atoms with van der Waals surface area (Å²) in [6.45, 7) is 2.24. The molecule has 9 heteroatoms. The number of anilines is 2. The van der Waals surface area contributed by atoms with Gasteiger partial charge < -0.3 is 9.64 Å². The summed E-state index contributed by atoms with van der Waals surface area (Å²) in [6.07, 6.45) is 0. The SMILES string of the molecule is CCN1C(=O)c2cc(NS(=O)(=O)c3ccc(F)c(Cl)c3)ccc2Oc2ccccc21. The third kappa shape index (κ3) is 3.59. The molecule has 1 heterocycles. The van der Waals surface area contributed by atoms with Crippen LogP contribution in [-0.2, 0) is 10.0 Å². The number of fused-ring (bicyclic) bond motifs is 2. The van der Waals surface area contributed by atoms with Crippen LogP contribution in [0.5, 0.6) is 11.5 Å². The Kier molecular flexibility index (Phi) is 5.13. The molecule has 0 aliphatic carbocycles. The Hall–Kier alpha value is -3.10. The monoisotopic (exact) mass is 446 g/mol. The summed E-state index contributed by atoms with van der Waals surface area (Å²) in [5, 5.41) is -0.306. The maximum absolute atomic E-state index is 13.4. The van der Waals surface area contributed by atoms with Crippen molar-refractivity contribution in [2.45, 2.75) is 11.8 Å². The molecule has 0 fully saturated rings. The number of carbonyl (C=O) groups excluding carboxylic acids is 1. The standard InChI is InChI=1S/C21H16ClFN2O4S/c1-2-25-18-5-3-4-6-20(18)29-19-10-7-13(11-15(19)21(25)26)24-30(27,28)14-8-9-17(23)16(22)12-14/h3-12,24H,2H2,1H3. The lowest BCUT2D eigenvalue weighted by atomic mass is 10.1. The van der Waals surface area contributed by atoms with E-state index in [-0.39, 0.29) is 27.1 Å². The molecule has 1 aliphatic heterocycles. The normalized spacial score (nSPS) is 13.2. The fourth-order valence-corrected chi connectivity index (χ4v) is 4.48. The number of rotatable bonds is 4. The topological polar surface area (TPSA) is 75.7 Å². The number of ether oxygens (including phenoxy) is 1. The Morgan fingerprint density at radius 2 is 1.83 bits per heavy atom. The van der Waals surface area contributed by atoms with Crippen molar-refractivity contribution in [2.24, 2.45) is 0 Å². The lowest BCUT2D eigenvalue weighted by Gasteiger charge is -2.20. The maximum Gasteiger partial charge on any atom is 0.262 e. The molecule has 30 heavy (non-hydrogen) atoms. The first-order valence-corrected chi connectivity index (χ1v) is 10.9. The van der Waals surface area contributed by atoms with Crippen LogP contribution in [0.15, 0.2) is 65.6 Å². The van der Waals surface area contributed by atoms with E-state index in [4.69, 9.17) is 16.3 Å². The van der Waals surface area contributed by atoms with Crippen molar-refractivity contribution >= 4 is 38.9 Å². The molecule has 0 saturated carbocycles. The quantitative estimate of drug-likeness (QED) is 0.608. The van der Waals surface area contributed by atoms with Crippen LogP contribution < -0.4 is 14.4 Å². The number of halogens is 2. The van der Waals surface area contributed by atoms with Gasteiger partial charge in [0.15, 0.2) is 5.75 Å². The minimum Gasteiger partial charge on any atom is -0.454 e. The zero-order valence-corrected chi connectivity index (χ0v) is 17.3. The number of amides is 1. The number of benzene rings is 3. The van der Waals surface area contributed by atoms with E-state index in [2.05, 4.69) is 4.72 Å². The van der Waals surface area contributed by atoms with Gasteiger partial charge in [0, 0.05) is 12.2 Å². The summed E-state index contributed by atoms with van der Waals surface area (Å²) >= 11 is 5.70. The number of sulfonamides is 1. The van der Waals surface area contributed by atoms with Gasteiger partial charge in [-0.2, -0.15) is 0 Å². The predicted octanol–water partition coefficient (Wildman–Crippen LogP) is 5.05. The van der Waals surface area contributed by atoms with Crippen LogP contribution in [0.2, 0.25) is 5.02 Å². The molecule has 0 bridgehead atoms. The van der Waals surface area contributed by atoms with E-state index in [1.165, 1.54) is 18.2 Å². The van der Waals surface area contributed by atoms with Crippen molar-refractivity contribution in [1.82, 2.24) is 0 Å². The molecule has 0 saturated heterocycles. The molecule has 6 nitrogen and oxygen atoms in total. The number of nitrogens with zero attached hydrogens (tertiary/aromatic N) is 1.